The van der Waals surface area contributed by atoms with E-state index in [1.165, 1.54) is 6.92 Å². The molecule has 0 bridgehead atoms. The minimum absolute atomic E-state index is 0.00850. The third kappa shape index (κ3) is 4.02. The van der Waals surface area contributed by atoms with Crippen molar-refractivity contribution in [3.05, 3.63) is 41.2 Å². The standard InChI is InChI=1S/C20H20N10O5/c1-11(29-14-5-3-2-4-12(14)16(31)20(29)33)22-24-19(32)15-13(10-28-6-8-34-9-7-28)23-27-30(15)18-17(21)25-35-26-18/h2-5H,6-10H2,1H3,(H2,21,25)(H,24,32). The maximum Gasteiger partial charge on any atom is 0.305 e. The molecule has 15 nitrogen and oxygen atoms in total. The zero-order valence-electron chi connectivity index (χ0n) is 18.5. The van der Waals surface area contributed by atoms with E-state index in [0.717, 1.165) is 9.58 Å². The first-order valence-corrected chi connectivity index (χ1v) is 10.6. The highest BCUT2D eigenvalue weighted by Gasteiger charge is 2.37. The topological polar surface area (TPSA) is 187 Å². The number of nitrogens with two attached hydrogens (primary N) is 1. The minimum Gasteiger partial charge on any atom is -0.379 e. The van der Waals surface area contributed by atoms with Crippen LogP contribution < -0.4 is 16.1 Å². The molecule has 3 N–H and O–H groups in total. The summed E-state index contributed by atoms with van der Waals surface area (Å²) in [5.41, 5.74) is 9.22. The summed E-state index contributed by atoms with van der Waals surface area (Å²) in [7, 11) is 0. The number of amides is 2. The summed E-state index contributed by atoms with van der Waals surface area (Å²) in [6.07, 6.45) is 0. The van der Waals surface area contributed by atoms with Crippen molar-refractivity contribution in [2.75, 3.05) is 36.9 Å². The van der Waals surface area contributed by atoms with Crippen molar-refractivity contribution in [1.29, 1.82) is 0 Å². The lowest BCUT2D eigenvalue weighted by molar-refractivity contribution is -0.113. The van der Waals surface area contributed by atoms with Crippen molar-refractivity contribution in [2.45, 2.75) is 13.5 Å². The van der Waals surface area contributed by atoms with Crippen molar-refractivity contribution in [2.24, 2.45) is 5.10 Å². The van der Waals surface area contributed by atoms with Gasteiger partial charge in [-0.15, -0.1) is 5.10 Å². The molecule has 2 aliphatic rings. The number of amidine groups is 1. The first-order valence-electron chi connectivity index (χ1n) is 10.6. The van der Waals surface area contributed by atoms with Crippen molar-refractivity contribution in [1.82, 2.24) is 35.6 Å². The van der Waals surface area contributed by atoms with Gasteiger partial charge in [0.1, 0.15) is 11.5 Å². The fraction of sp³-hybridized carbons (Fsp3) is 0.300. The number of nitrogens with zero attached hydrogens (tertiary/aromatic N) is 8. The van der Waals surface area contributed by atoms with Crippen LogP contribution in [0.1, 0.15) is 33.5 Å². The lowest BCUT2D eigenvalue weighted by atomic mass is 10.1. The van der Waals surface area contributed by atoms with Crippen molar-refractivity contribution >= 4 is 34.9 Å². The molecule has 2 amide bonds. The highest BCUT2D eigenvalue weighted by atomic mass is 16.6. The molecule has 0 saturated carbocycles. The Morgan fingerprint density at radius 1 is 1.20 bits per heavy atom. The van der Waals surface area contributed by atoms with Gasteiger partial charge in [-0.3, -0.25) is 24.2 Å². The van der Waals surface area contributed by atoms with Crippen molar-refractivity contribution in [3.63, 3.8) is 0 Å². The van der Waals surface area contributed by atoms with Gasteiger partial charge in [0.25, 0.3) is 11.7 Å². The molecular formula is C20H20N10O5. The van der Waals surface area contributed by atoms with Gasteiger partial charge in [0.15, 0.2) is 5.69 Å². The van der Waals surface area contributed by atoms with Gasteiger partial charge in [-0.1, -0.05) is 17.3 Å². The molecule has 4 heterocycles. The number of benzene rings is 1. The Bertz CT molecular complexity index is 1340. The molecule has 2 aromatic heterocycles. The van der Waals surface area contributed by atoms with Crippen LogP contribution in [0.4, 0.5) is 11.5 Å². The highest BCUT2D eigenvalue weighted by Crippen LogP contribution is 2.28. The number of ether oxygens (including phenoxy) is 1. The van der Waals surface area contributed by atoms with Crippen molar-refractivity contribution < 1.29 is 23.7 Å². The van der Waals surface area contributed by atoms with Gasteiger partial charge >= 0.3 is 5.91 Å². The fourth-order valence-corrected chi connectivity index (χ4v) is 3.85. The van der Waals surface area contributed by atoms with Gasteiger partial charge < -0.3 is 10.5 Å². The van der Waals surface area contributed by atoms with E-state index < -0.39 is 17.6 Å². The Labute approximate surface area is 197 Å². The molecule has 2 aliphatic heterocycles. The molecule has 0 aliphatic carbocycles. The Hall–Kier alpha value is -4.50. The van der Waals surface area contributed by atoms with E-state index in [9.17, 15) is 14.4 Å². The lowest BCUT2D eigenvalue weighted by Crippen LogP contribution is -2.37. The average molecular weight is 480 g/mol. The van der Waals surface area contributed by atoms with Gasteiger partial charge in [0.2, 0.25) is 11.6 Å². The van der Waals surface area contributed by atoms with E-state index in [2.05, 4.69) is 40.7 Å². The fourth-order valence-electron chi connectivity index (χ4n) is 3.85. The molecule has 1 saturated heterocycles. The number of ketones is 1. The number of nitrogen functional groups attached to an aromatic ring is 1. The molecular weight excluding hydrogens is 460 g/mol. The van der Waals surface area contributed by atoms with E-state index in [1.807, 2.05) is 0 Å². The Morgan fingerprint density at radius 3 is 2.71 bits per heavy atom. The molecule has 35 heavy (non-hydrogen) atoms. The number of hydrogen-bond acceptors (Lipinski definition) is 12. The normalized spacial score (nSPS) is 16.6. The quantitative estimate of drug-likeness (QED) is 0.205. The van der Waals surface area contributed by atoms with Crippen LogP contribution in [0.15, 0.2) is 34.0 Å². The Kier molecular flexibility index (Phi) is 5.76. The van der Waals surface area contributed by atoms with Gasteiger partial charge in [-0.2, -0.15) is 9.78 Å². The molecule has 0 unspecified atom stereocenters. The van der Waals surface area contributed by atoms with Gasteiger partial charge in [-0.25, -0.2) is 10.1 Å². The summed E-state index contributed by atoms with van der Waals surface area (Å²) < 4.78 is 11.1. The molecule has 15 heteroatoms. The molecule has 180 valence electrons. The van der Waals surface area contributed by atoms with E-state index in [0.29, 0.717) is 44.2 Å². The molecule has 3 aromatic rings. The maximum absolute atomic E-state index is 13.3. The zero-order valence-corrected chi connectivity index (χ0v) is 18.5. The number of aromatic nitrogens is 5. The monoisotopic (exact) mass is 480 g/mol. The number of carbonyl (C=O) groups is 3. The van der Waals surface area contributed by atoms with Crippen LogP contribution in [0.25, 0.3) is 5.82 Å². The van der Waals surface area contributed by atoms with Gasteiger partial charge in [-0.05, 0) is 29.4 Å². The number of Topliss-reactive ketones (excluding diaryl/α,β-unsaturated/α-hetero) is 1. The maximum atomic E-state index is 13.3. The average Bonchev–Trinajstić information content (AvgIpc) is 3.54. The van der Waals surface area contributed by atoms with Crippen LogP contribution in [0.2, 0.25) is 0 Å². The van der Waals surface area contributed by atoms with E-state index in [4.69, 9.17) is 10.5 Å². The number of hydrogen-bond donors (Lipinski definition) is 2. The summed E-state index contributed by atoms with van der Waals surface area (Å²) in [4.78, 5) is 41.2. The zero-order chi connectivity index (χ0) is 24.5. The first-order chi connectivity index (χ1) is 17.0. The summed E-state index contributed by atoms with van der Waals surface area (Å²) in [6.45, 7) is 4.24. The molecule has 1 fully saturated rings. The van der Waals surface area contributed by atoms with Crippen LogP contribution in [-0.2, 0) is 16.1 Å². The number of hydrazone groups is 1. The van der Waals surface area contributed by atoms with Crippen LogP contribution in [0.5, 0.6) is 0 Å². The van der Waals surface area contributed by atoms with E-state index in [-0.39, 0.29) is 28.7 Å². The smallest absolute Gasteiger partial charge is 0.305 e. The number of anilines is 2. The van der Waals surface area contributed by atoms with Crippen molar-refractivity contribution in [3.8, 4) is 5.82 Å². The predicted molar refractivity (Wildman–Crippen MR) is 119 cm³/mol. The minimum atomic E-state index is -0.761. The number of rotatable bonds is 5. The second kappa shape index (κ2) is 9.03. The molecule has 1 aromatic carbocycles. The van der Waals surface area contributed by atoms with Gasteiger partial charge in [0, 0.05) is 19.6 Å². The number of morpholine rings is 1. The van der Waals surface area contributed by atoms with E-state index in [1.54, 1.807) is 24.3 Å². The number of nitrogens with one attached hydrogen (secondary N) is 1. The van der Waals surface area contributed by atoms with Crippen LogP contribution in [0.3, 0.4) is 0 Å². The summed E-state index contributed by atoms with van der Waals surface area (Å²) in [5, 5.41) is 19.4. The predicted octanol–water partition coefficient (Wildman–Crippen LogP) is -0.643. The molecule has 0 spiro atoms. The second-order valence-electron chi connectivity index (χ2n) is 7.74. The summed E-state index contributed by atoms with van der Waals surface area (Å²) in [6, 6.07) is 6.54. The molecule has 0 atom stereocenters. The number of fused-ring (bicyclic) bond motifs is 1. The van der Waals surface area contributed by atoms with Crippen LogP contribution >= 0.6 is 0 Å². The van der Waals surface area contributed by atoms with Crippen LogP contribution in [0, 0.1) is 0 Å². The summed E-state index contributed by atoms with van der Waals surface area (Å²) in [5.74, 6) is -2.09. The van der Waals surface area contributed by atoms with E-state index >= 15 is 0 Å². The largest absolute Gasteiger partial charge is 0.379 e. The molecule has 0 radical (unpaired) electrons. The first kappa shape index (κ1) is 22.3. The SMILES string of the molecule is CC(=NNC(=O)c1c(CN2CCOCC2)nnn1-c1nonc1N)N1C(=O)C(=O)c2ccccc21. The highest BCUT2D eigenvalue weighted by molar-refractivity contribution is 6.56. The Morgan fingerprint density at radius 2 is 1.97 bits per heavy atom. The summed E-state index contributed by atoms with van der Waals surface area (Å²) >= 11 is 0. The third-order valence-corrected chi connectivity index (χ3v) is 5.56. The third-order valence-electron chi connectivity index (χ3n) is 5.56. The molecule has 5 rings (SSSR count). The Balaban J connectivity index is 1.44. The van der Waals surface area contributed by atoms with Gasteiger partial charge in [0.05, 0.1) is 24.5 Å². The second-order valence-corrected chi connectivity index (χ2v) is 7.74. The van der Waals surface area contributed by atoms with Crippen LogP contribution in [-0.4, -0.2) is 79.9 Å². The lowest BCUT2D eigenvalue weighted by Gasteiger charge is -2.25. The number of carbonyl (C=O) groups excluding carboxylic acids is 3. The number of para-hydroxylation sites is 1.